The Bertz CT molecular complexity index is 537. The molecule has 1 aromatic heterocycles. The van der Waals surface area contributed by atoms with Gasteiger partial charge in [0.2, 0.25) is 0 Å². The van der Waals surface area contributed by atoms with Gasteiger partial charge < -0.3 is 9.84 Å². The Labute approximate surface area is 111 Å². The van der Waals surface area contributed by atoms with Crippen LogP contribution in [0.3, 0.4) is 0 Å². The topological polar surface area (TPSA) is 29.5 Å². The van der Waals surface area contributed by atoms with Gasteiger partial charge in [-0.05, 0) is 41.7 Å². The van der Waals surface area contributed by atoms with Crippen molar-refractivity contribution in [2.45, 2.75) is 37.4 Å². The minimum atomic E-state index is -0.394. The van der Waals surface area contributed by atoms with Gasteiger partial charge in [-0.2, -0.15) is 0 Å². The largest absolute Gasteiger partial charge is 0.390 e. The molecule has 1 N–H and O–H groups in total. The van der Waals surface area contributed by atoms with E-state index in [0.29, 0.717) is 6.42 Å². The number of hydrogen-bond donors (Lipinski definition) is 1. The highest BCUT2D eigenvalue weighted by molar-refractivity contribution is 7.17. The van der Waals surface area contributed by atoms with E-state index < -0.39 is 6.10 Å². The Morgan fingerprint density at radius 3 is 2.83 bits per heavy atom. The van der Waals surface area contributed by atoms with Gasteiger partial charge in [0.25, 0.3) is 0 Å². The average molecular weight is 262 g/mol. The molecule has 0 aliphatic heterocycles. The number of fused-ring (bicyclic) bond motifs is 1. The van der Waals surface area contributed by atoms with Gasteiger partial charge in [-0.15, -0.1) is 11.3 Å². The molecule has 1 aromatic carbocycles. The predicted molar refractivity (Wildman–Crippen MR) is 75.1 cm³/mol. The molecule has 96 valence electrons. The lowest BCUT2D eigenvalue weighted by Gasteiger charge is -2.44. The summed E-state index contributed by atoms with van der Waals surface area (Å²) in [4.78, 5) is 0. The highest BCUT2D eigenvalue weighted by Crippen LogP contribution is 2.40. The molecule has 1 atom stereocenters. The van der Waals surface area contributed by atoms with Crippen LogP contribution in [0.2, 0.25) is 0 Å². The van der Waals surface area contributed by atoms with Gasteiger partial charge in [-0.3, -0.25) is 0 Å². The van der Waals surface area contributed by atoms with Crippen molar-refractivity contribution in [2.24, 2.45) is 0 Å². The molecule has 0 saturated heterocycles. The maximum absolute atomic E-state index is 10.4. The molecule has 0 amide bonds. The molecule has 0 spiro atoms. The first-order chi connectivity index (χ1) is 8.75. The Kier molecular flexibility index (Phi) is 3.14. The van der Waals surface area contributed by atoms with E-state index in [0.717, 1.165) is 19.3 Å². The zero-order valence-corrected chi connectivity index (χ0v) is 11.4. The summed E-state index contributed by atoms with van der Waals surface area (Å²) in [5, 5.41) is 13.9. The number of ether oxygens (including phenoxy) is 1. The number of hydrogen-bond acceptors (Lipinski definition) is 3. The molecule has 3 heteroatoms. The van der Waals surface area contributed by atoms with Crippen LogP contribution in [0.25, 0.3) is 10.1 Å². The molecule has 18 heavy (non-hydrogen) atoms. The fraction of sp³-hybridized carbons (Fsp3) is 0.467. The van der Waals surface area contributed by atoms with Crippen molar-refractivity contribution in [1.82, 2.24) is 0 Å². The van der Waals surface area contributed by atoms with Gasteiger partial charge in [0.15, 0.2) is 0 Å². The second-order valence-electron chi connectivity index (χ2n) is 5.10. The highest BCUT2D eigenvalue weighted by atomic mass is 32.1. The molecule has 1 unspecified atom stereocenters. The van der Waals surface area contributed by atoms with E-state index in [9.17, 15) is 5.11 Å². The average Bonchev–Trinajstić information content (AvgIpc) is 2.72. The van der Waals surface area contributed by atoms with Crippen LogP contribution in [0.15, 0.2) is 29.6 Å². The zero-order chi connectivity index (χ0) is 12.6. The first-order valence-electron chi connectivity index (χ1n) is 6.43. The lowest BCUT2D eigenvalue weighted by molar-refractivity contribution is -0.148. The van der Waals surface area contributed by atoms with Gasteiger partial charge in [0.05, 0.1) is 11.7 Å². The Morgan fingerprint density at radius 1 is 1.39 bits per heavy atom. The SMILES string of the molecule is COC1(C(O)Cc2csc3ccccc23)CCC1. The van der Waals surface area contributed by atoms with Crippen molar-refractivity contribution in [3.8, 4) is 0 Å². The number of thiophene rings is 1. The summed E-state index contributed by atoms with van der Waals surface area (Å²) in [5.74, 6) is 0. The number of rotatable bonds is 4. The lowest BCUT2D eigenvalue weighted by atomic mass is 9.74. The second-order valence-corrected chi connectivity index (χ2v) is 6.01. The summed E-state index contributed by atoms with van der Waals surface area (Å²) in [6, 6.07) is 8.38. The fourth-order valence-electron chi connectivity index (χ4n) is 2.78. The minimum Gasteiger partial charge on any atom is -0.390 e. The minimum absolute atomic E-state index is 0.289. The number of aliphatic hydroxyl groups excluding tert-OH is 1. The molecule has 3 rings (SSSR count). The van der Waals surface area contributed by atoms with E-state index in [1.807, 2.05) is 0 Å². The van der Waals surface area contributed by atoms with Crippen LogP contribution < -0.4 is 0 Å². The van der Waals surface area contributed by atoms with Crippen LogP contribution in [0.5, 0.6) is 0 Å². The first kappa shape index (κ1) is 12.2. The summed E-state index contributed by atoms with van der Waals surface area (Å²) >= 11 is 1.75. The number of aliphatic hydroxyl groups is 1. The van der Waals surface area contributed by atoms with Crippen LogP contribution in [0.4, 0.5) is 0 Å². The van der Waals surface area contributed by atoms with Gasteiger partial charge in [-0.1, -0.05) is 18.2 Å². The van der Waals surface area contributed by atoms with Crippen molar-refractivity contribution in [1.29, 1.82) is 0 Å². The van der Waals surface area contributed by atoms with E-state index in [2.05, 4.69) is 29.6 Å². The van der Waals surface area contributed by atoms with Crippen molar-refractivity contribution in [3.63, 3.8) is 0 Å². The van der Waals surface area contributed by atoms with E-state index in [1.165, 1.54) is 15.6 Å². The van der Waals surface area contributed by atoms with Crippen LogP contribution in [-0.4, -0.2) is 23.9 Å². The van der Waals surface area contributed by atoms with Gasteiger partial charge >= 0.3 is 0 Å². The summed E-state index contributed by atoms with van der Waals surface area (Å²) < 4.78 is 6.84. The molecule has 2 nitrogen and oxygen atoms in total. The smallest absolute Gasteiger partial charge is 0.0939 e. The highest BCUT2D eigenvalue weighted by Gasteiger charge is 2.43. The summed E-state index contributed by atoms with van der Waals surface area (Å²) in [7, 11) is 1.72. The van der Waals surface area contributed by atoms with Crippen LogP contribution in [0.1, 0.15) is 24.8 Å². The van der Waals surface area contributed by atoms with E-state index in [-0.39, 0.29) is 5.60 Å². The molecule has 0 bridgehead atoms. The van der Waals surface area contributed by atoms with Crippen LogP contribution in [-0.2, 0) is 11.2 Å². The number of benzene rings is 1. The Hall–Kier alpha value is -0.900. The number of methoxy groups -OCH3 is 1. The van der Waals surface area contributed by atoms with Gasteiger partial charge in [-0.25, -0.2) is 0 Å². The van der Waals surface area contributed by atoms with Gasteiger partial charge in [0.1, 0.15) is 0 Å². The van der Waals surface area contributed by atoms with Crippen molar-refractivity contribution >= 4 is 21.4 Å². The molecule has 1 fully saturated rings. The first-order valence-corrected chi connectivity index (χ1v) is 7.31. The monoisotopic (exact) mass is 262 g/mol. The molecule has 1 saturated carbocycles. The molecular weight excluding hydrogens is 244 g/mol. The molecular formula is C15H18O2S. The molecule has 1 aliphatic carbocycles. The third kappa shape index (κ3) is 1.87. The normalized spacial score (nSPS) is 19.7. The Morgan fingerprint density at radius 2 is 2.17 bits per heavy atom. The maximum Gasteiger partial charge on any atom is 0.0939 e. The predicted octanol–water partition coefficient (Wildman–Crippen LogP) is 3.37. The van der Waals surface area contributed by atoms with E-state index in [4.69, 9.17) is 4.74 Å². The summed E-state index contributed by atoms with van der Waals surface area (Å²) in [6.07, 6.45) is 3.42. The Balaban J connectivity index is 1.84. The molecule has 1 aliphatic rings. The standard InChI is InChI=1S/C15H18O2S/c1-17-15(7-4-8-15)14(16)9-11-10-18-13-6-3-2-5-12(11)13/h2-3,5-6,10,14,16H,4,7-9H2,1H3. The van der Waals surface area contributed by atoms with E-state index >= 15 is 0 Å². The fourth-order valence-corrected chi connectivity index (χ4v) is 3.76. The third-order valence-corrected chi connectivity index (χ3v) is 5.20. The summed E-state index contributed by atoms with van der Waals surface area (Å²) in [6.45, 7) is 0. The van der Waals surface area contributed by atoms with E-state index in [1.54, 1.807) is 18.4 Å². The van der Waals surface area contributed by atoms with Crippen LogP contribution in [0, 0.1) is 0 Å². The quantitative estimate of drug-likeness (QED) is 0.915. The molecule has 2 aromatic rings. The van der Waals surface area contributed by atoms with Crippen molar-refractivity contribution < 1.29 is 9.84 Å². The lowest BCUT2D eigenvalue weighted by Crippen LogP contribution is -2.50. The summed E-state index contributed by atoms with van der Waals surface area (Å²) in [5.41, 5.74) is 0.953. The molecule has 1 heterocycles. The maximum atomic E-state index is 10.4. The second kappa shape index (κ2) is 4.65. The zero-order valence-electron chi connectivity index (χ0n) is 10.6. The van der Waals surface area contributed by atoms with Crippen molar-refractivity contribution in [2.75, 3.05) is 7.11 Å². The van der Waals surface area contributed by atoms with Crippen LogP contribution >= 0.6 is 11.3 Å². The van der Waals surface area contributed by atoms with Crippen molar-refractivity contribution in [3.05, 3.63) is 35.2 Å². The van der Waals surface area contributed by atoms with Gasteiger partial charge in [0, 0.05) is 18.2 Å². The molecule has 0 radical (unpaired) electrons. The third-order valence-electron chi connectivity index (χ3n) is 4.19.